The number of aryl methyl sites for hydroxylation is 1. The van der Waals surface area contributed by atoms with Crippen LogP contribution >= 0.6 is 0 Å². The molecule has 2 aromatic rings. The van der Waals surface area contributed by atoms with Crippen molar-refractivity contribution in [3.05, 3.63) is 54.1 Å². The fraction of sp³-hybridized carbons (Fsp3) is 0.609. The van der Waals surface area contributed by atoms with Crippen molar-refractivity contribution in [1.82, 2.24) is 19.4 Å². The van der Waals surface area contributed by atoms with Gasteiger partial charge in [0.25, 0.3) is 0 Å². The van der Waals surface area contributed by atoms with Crippen LogP contribution in [0.4, 0.5) is 0 Å². The molecule has 27 heavy (non-hydrogen) atoms. The molecular formula is C23H34N4. The van der Waals surface area contributed by atoms with Crippen LogP contribution in [0.1, 0.15) is 50.5 Å². The van der Waals surface area contributed by atoms with Gasteiger partial charge in [-0.2, -0.15) is 0 Å². The Bertz CT molecular complexity index is 700. The van der Waals surface area contributed by atoms with E-state index in [0.29, 0.717) is 12.0 Å². The van der Waals surface area contributed by atoms with Crippen molar-refractivity contribution in [2.45, 2.75) is 52.2 Å². The van der Waals surface area contributed by atoms with Crippen LogP contribution < -0.4 is 0 Å². The first-order valence-corrected chi connectivity index (χ1v) is 10.7. The van der Waals surface area contributed by atoms with Crippen LogP contribution in [0.5, 0.6) is 0 Å². The van der Waals surface area contributed by atoms with Gasteiger partial charge < -0.3 is 4.57 Å². The lowest BCUT2D eigenvalue weighted by molar-refractivity contribution is 0.0743. The van der Waals surface area contributed by atoms with Crippen LogP contribution in [0, 0.1) is 11.8 Å². The van der Waals surface area contributed by atoms with E-state index < -0.39 is 0 Å². The summed E-state index contributed by atoms with van der Waals surface area (Å²) in [6.07, 6.45) is 7.98. The number of nitrogens with zero attached hydrogens (tertiary/aromatic N) is 4. The van der Waals surface area contributed by atoms with Crippen molar-refractivity contribution < 1.29 is 0 Å². The Labute approximate surface area is 164 Å². The molecule has 1 aromatic heterocycles. The van der Waals surface area contributed by atoms with Gasteiger partial charge >= 0.3 is 0 Å². The molecule has 146 valence electrons. The molecule has 4 rings (SSSR count). The summed E-state index contributed by atoms with van der Waals surface area (Å²) >= 11 is 0. The topological polar surface area (TPSA) is 24.3 Å². The number of rotatable bonds is 5. The largest absolute Gasteiger partial charge is 0.334 e. The summed E-state index contributed by atoms with van der Waals surface area (Å²) in [5.41, 5.74) is 1.43. The van der Waals surface area contributed by atoms with E-state index in [9.17, 15) is 0 Å². The quantitative estimate of drug-likeness (QED) is 0.793. The molecule has 4 heteroatoms. The molecule has 0 saturated carbocycles. The molecule has 4 nitrogen and oxygen atoms in total. The molecule has 1 atom stereocenters. The van der Waals surface area contributed by atoms with E-state index in [2.05, 4.69) is 64.7 Å². The van der Waals surface area contributed by atoms with Gasteiger partial charge in [0.2, 0.25) is 0 Å². The maximum atomic E-state index is 4.83. The molecule has 0 spiro atoms. The number of hydrogen-bond donors (Lipinski definition) is 0. The lowest BCUT2D eigenvalue weighted by Gasteiger charge is -2.40. The standard InChI is InChI=1S/C23H34N4/c1-19(2)17-27-13-6-12-26-16-11-24-23(26)22(27)21-9-14-25(15-10-21)18-20-7-4-3-5-8-20/h3-5,7-8,11,16,19,21-22H,6,9-10,12-15,17-18H2,1-2H3. The van der Waals surface area contributed by atoms with Crippen LogP contribution in [0.3, 0.4) is 0 Å². The predicted molar refractivity (Wildman–Crippen MR) is 110 cm³/mol. The Hall–Kier alpha value is -1.65. The van der Waals surface area contributed by atoms with Crippen LogP contribution in [0.2, 0.25) is 0 Å². The van der Waals surface area contributed by atoms with Gasteiger partial charge in [-0.3, -0.25) is 9.80 Å². The Balaban J connectivity index is 1.46. The minimum absolute atomic E-state index is 0.490. The number of fused-ring (bicyclic) bond motifs is 1. The highest BCUT2D eigenvalue weighted by Gasteiger charge is 2.35. The van der Waals surface area contributed by atoms with E-state index >= 15 is 0 Å². The number of aromatic nitrogens is 2. The zero-order valence-electron chi connectivity index (χ0n) is 16.9. The first-order valence-electron chi connectivity index (χ1n) is 10.7. The summed E-state index contributed by atoms with van der Waals surface area (Å²) in [5.74, 6) is 2.73. The van der Waals surface area contributed by atoms with Gasteiger partial charge in [0.1, 0.15) is 5.82 Å². The monoisotopic (exact) mass is 366 g/mol. The Morgan fingerprint density at radius 3 is 2.56 bits per heavy atom. The molecule has 2 aliphatic rings. The van der Waals surface area contributed by atoms with Crippen LogP contribution in [-0.2, 0) is 13.1 Å². The smallest absolute Gasteiger partial charge is 0.126 e. The number of piperidine rings is 1. The van der Waals surface area contributed by atoms with E-state index in [1.807, 2.05) is 6.20 Å². The van der Waals surface area contributed by atoms with E-state index in [1.54, 1.807) is 0 Å². The fourth-order valence-corrected chi connectivity index (χ4v) is 4.97. The van der Waals surface area contributed by atoms with Crippen molar-refractivity contribution in [2.24, 2.45) is 11.8 Å². The molecule has 1 fully saturated rings. The summed E-state index contributed by atoms with van der Waals surface area (Å²) in [6.45, 7) is 11.7. The average molecular weight is 367 g/mol. The SMILES string of the molecule is CC(C)CN1CCCn2ccnc2C1C1CCN(Cc2ccccc2)CC1. The van der Waals surface area contributed by atoms with Gasteiger partial charge in [0.05, 0.1) is 6.04 Å². The van der Waals surface area contributed by atoms with Gasteiger partial charge in [-0.1, -0.05) is 44.2 Å². The normalized spacial score (nSPS) is 22.7. The lowest BCUT2D eigenvalue weighted by atomic mass is 9.87. The first kappa shape index (κ1) is 18.7. The van der Waals surface area contributed by atoms with E-state index in [4.69, 9.17) is 4.98 Å². The fourth-order valence-electron chi connectivity index (χ4n) is 4.97. The molecule has 3 heterocycles. The third-order valence-electron chi connectivity index (χ3n) is 6.18. The highest BCUT2D eigenvalue weighted by Crippen LogP contribution is 2.37. The maximum absolute atomic E-state index is 4.83. The Morgan fingerprint density at radius 1 is 1.04 bits per heavy atom. The molecule has 1 aromatic carbocycles. The molecule has 1 saturated heterocycles. The summed E-state index contributed by atoms with van der Waals surface area (Å²) in [5, 5.41) is 0. The third-order valence-corrected chi connectivity index (χ3v) is 6.18. The molecule has 0 bridgehead atoms. The summed E-state index contributed by atoms with van der Waals surface area (Å²) in [7, 11) is 0. The zero-order valence-corrected chi connectivity index (χ0v) is 16.9. The van der Waals surface area contributed by atoms with Crippen molar-refractivity contribution in [3.8, 4) is 0 Å². The molecule has 0 N–H and O–H groups in total. The van der Waals surface area contributed by atoms with E-state index in [0.717, 1.165) is 19.0 Å². The van der Waals surface area contributed by atoms with Crippen LogP contribution in [0.15, 0.2) is 42.7 Å². The van der Waals surface area contributed by atoms with Crippen LogP contribution in [-0.4, -0.2) is 45.5 Å². The van der Waals surface area contributed by atoms with Crippen molar-refractivity contribution in [1.29, 1.82) is 0 Å². The Kier molecular flexibility index (Phi) is 5.94. The van der Waals surface area contributed by atoms with Gasteiger partial charge in [-0.25, -0.2) is 4.98 Å². The number of hydrogen-bond acceptors (Lipinski definition) is 3. The summed E-state index contributed by atoms with van der Waals surface area (Å²) in [6, 6.07) is 11.4. The molecule has 0 aliphatic carbocycles. The van der Waals surface area contributed by atoms with E-state index in [-0.39, 0.29) is 0 Å². The highest BCUT2D eigenvalue weighted by molar-refractivity contribution is 5.14. The molecule has 1 unspecified atom stereocenters. The van der Waals surface area contributed by atoms with Crippen molar-refractivity contribution in [2.75, 3.05) is 26.2 Å². The van der Waals surface area contributed by atoms with Gasteiger partial charge in [0, 0.05) is 38.6 Å². The van der Waals surface area contributed by atoms with Gasteiger partial charge in [0.15, 0.2) is 0 Å². The average Bonchev–Trinajstić information content (AvgIpc) is 3.05. The molecule has 0 radical (unpaired) electrons. The zero-order chi connectivity index (χ0) is 18.6. The number of likely N-dealkylation sites (tertiary alicyclic amines) is 1. The minimum Gasteiger partial charge on any atom is -0.334 e. The van der Waals surface area contributed by atoms with Crippen molar-refractivity contribution in [3.63, 3.8) is 0 Å². The molecule has 0 amide bonds. The van der Waals surface area contributed by atoms with Crippen molar-refractivity contribution >= 4 is 0 Å². The lowest BCUT2D eigenvalue weighted by Crippen LogP contribution is -2.42. The van der Waals surface area contributed by atoms with Crippen LogP contribution in [0.25, 0.3) is 0 Å². The highest BCUT2D eigenvalue weighted by atomic mass is 15.2. The molecule has 2 aliphatic heterocycles. The summed E-state index contributed by atoms with van der Waals surface area (Å²) in [4.78, 5) is 10.2. The van der Waals surface area contributed by atoms with Gasteiger partial charge in [-0.05, 0) is 49.8 Å². The number of benzene rings is 1. The molecular weight excluding hydrogens is 332 g/mol. The summed E-state index contributed by atoms with van der Waals surface area (Å²) < 4.78 is 2.42. The predicted octanol–water partition coefficient (Wildman–Crippen LogP) is 4.20. The van der Waals surface area contributed by atoms with Gasteiger partial charge in [-0.15, -0.1) is 0 Å². The second-order valence-corrected chi connectivity index (χ2v) is 8.77. The minimum atomic E-state index is 0.490. The third kappa shape index (κ3) is 4.44. The second-order valence-electron chi connectivity index (χ2n) is 8.77. The second kappa shape index (κ2) is 8.57. The number of imidazole rings is 1. The Morgan fingerprint density at radius 2 is 1.81 bits per heavy atom. The first-order chi connectivity index (χ1) is 13.2. The maximum Gasteiger partial charge on any atom is 0.126 e. The van der Waals surface area contributed by atoms with E-state index in [1.165, 1.54) is 56.8 Å².